The number of nitrogens with one attached hydrogen (secondary N) is 1. The molecular weight excluding hydrogens is 432 g/mol. The average Bonchev–Trinajstić information content (AvgIpc) is 2.95. The van der Waals surface area contributed by atoms with Crippen molar-refractivity contribution in [2.24, 2.45) is 5.10 Å². The summed E-state index contributed by atoms with van der Waals surface area (Å²) in [6.45, 7) is 6.53. The lowest BCUT2D eigenvalue weighted by molar-refractivity contribution is 0.0955. The van der Waals surface area contributed by atoms with Crippen LogP contribution in [0.1, 0.15) is 38.4 Å². The number of amides is 1. The van der Waals surface area contributed by atoms with Gasteiger partial charge < -0.3 is 4.74 Å². The molecule has 0 saturated carbocycles. The molecule has 0 unspecified atom stereocenters. The van der Waals surface area contributed by atoms with Gasteiger partial charge in [-0.1, -0.05) is 17.7 Å². The van der Waals surface area contributed by atoms with Crippen molar-refractivity contribution in [3.05, 3.63) is 80.6 Å². The topological polar surface area (TPSA) is 68.5 Å². The number of hydrogen-bond donors (Lipinski definition) is 1. The number of rotatable bonds is 6. The molecule has 0 radical (unpaired) electrons. The number of carbonyl (C=O) groups is 1. The smallest absolute Gasteiger partial charge is 0.271 e. The van der Waals surface area contributed by atoms with Crippen LogP contribution in [0, 0.1) is 20.8 Å². The van der Waals surface area contributed by atoms with Crippen molar-refractivity contribution >= 4 is 28.1 Å². The maximum atomic E-state index is 12.2. The minimum Gasteiger partial charge on any atom is -0.496 e. The molecule has 7 heteroatoms. The van der Waals surface area contributed by atoms with Crippen LogP contribution in [-0.2, 0) is 6.54 Å². The van der Waals surface area contributed by atoms with Gasteiger partial charge in [0.25, 0.3) is 5.91 Å². The molecule has 6 nitrogen and oxygen atoms in total. The van der Waals surface area contributed by atoms with Crippen molar-refractivity contribution < 1.29 is 9.53 Å². The van der Waals surface area contributed by atoms with Gasteiger partial charge in [-0.2, -0.15) is 10.2 Å². The second-order valence-corrected chi connectivity index (χ2v) is 7.57. The lowest BCUT2D eigenvalue weighted by Crippen LogP contribution is -2.17. The summed E-state index contributed by atoms with van der Waals surface area (Å²) in [5, 5.41) is 8.64. The Hall–Kier alpha value is -2.93. The maximum absolute atomic E-state index is 12.2. The highest BCUT2D eigenvalue weighted by atomic mass is 79.9. The minimum atomic E-state index is -0.248. The first-order valence-electron chi connectivity index (χ1n) is 9.15. The molecule has 0 atom stereocenters. The van der Waals surface area contributed by atoms with Crippen LogP contribution in [0.15, 0.2) is 52.0 Å². The second kappa shape index (κ2) is 9.05. The van der Waals surface area contributed by atoms with Crippen molar-refractivity contribution in [1.29, 1.82) is 0 Å². The van der Waals surface area contributed by atoms with E-state index in [9.17, 15) is 4.79 Å². The molecule has 1 heterocycles. The van der Waals surface area contributed by atoms with E-state index in [1.54, 1.807) is 25.5 Å². The third-order valence-corrected chi connectivity index (χ3v) is 5.76. The van der Waals surface area contributed by atoms with E-state index in [4.69, 9.17) is 4.74 Å². The summed E-state index contributed by atoms with van der Waals surface area (Å²) in [6, 6.07) is 13.1. The Kier molecular flexibility index (Phi) is 6.49. The molecule has 3 rings (SSSR count). The second-order valence-electron chi connectivity index (χ2n) is 6.78. The number of aryl methyl sites for hydroxylation is 2. The summed E-state index contributed by atoms with van der Waals surface area (Å²) in [5.41, 5.74) is 8.05. The van der Waals surface area contributed by atoms with Gasteiger partial charge in [0.05, 0.1) is 35.7 Å². The number of aromatic nitrogens is 2. The Morgan fingerprint density at radius 2 is 1.93 bits per heavy atom. The normalized spacial score (nSPS) is 11.1. The van der Waals surface area contributed by atoms with Crippen LogP contribution in [0.5, 0.6) is 5.75 Å². The highest BCUT2D eigenvalue weighted by Crippen LogP contribution is 2.24. The number of benzene rings is 2. The zero-order valence-corrected chi connectivity index (χ0v) is 18.4. The van der Waals surface area contributed by atoms with Crippen molar-refractivity contribution in [2.45, 2.75) is 27.3 Å². The summed E-state index contributed by atoms with van der Waals surface area (Å²) in [4.78, 5) is 12.2. The Labute approximate surface area is 178 Å². The predicted molar refractivity (Wildman–Crippen MR) is 118 cm³/mol. The van der Waals surface area contributed by atoms with E-state index in [0.29, 0.717) is 12.1 Å². The van der Waals surface area contributed by atoms with Gasteiger partial charge in [0.2, 0.25) is 0 Å². The number of carbonyl (C=O) groups excluding carboxylic acids is 1. The van der Waals surface area contributed by atoms with E-state index >= 15 is 0 Å². The van der Waals surface area contributed by atoms with Gasteiger partial charge >= 0.3 is 0 Å². The van der Waals surface area contributed by atoms with Crippen LogP contribution in [0.25, 0.3) is 0 Å². The molecular formula is C22H23BrN4O2. The van der Waals surface area contributed by atoms with Gasteiger partial charge in [-0.25, -0.2) is 5.43 Å². The van der Waals surface area contributed by atoms with E-state index in [1.807, 2.05) is 55.8 Å². The van der Waals surface area contributed by atoms with Gasteiger partial charge in [-0.15, -0.1) is 0 Å². The summed E-state index contributed by atoms with van der Waals surface area (Å²) >= 11 is 3.56. The zero-order chi connectivity index (χ0) is 21.0. The van der Waals surface area contributed by atoms with Crippen LogP contribution in [-0.4, -0.2) is 29.0 Å². The third kappa shape index (κ3) is 4.92. The number of ether oxygens (including phenoxy) is 1. The van der Waals surface area contributed by atoms with Crippen LogP contribution in [0.3, 0.4) is 0 Å². The van der Waals surface area contributed by atoms with Crippen LogP contribution < -0.4 is 10.2 Å². The van der Waals surface area contributed by atoms with Gasteiger partial charge in [-0.05, 0) is 72.6 Å². The first kappa shape index (κ1) is 20.8. The molecule has 0 bridgehead atoms. The summed E-state index contributed by atoms with van der Waals surface area (Å²) in [7, 11) is 1.64. The number of halogens is 1. The molecule has 0 saturated heterocycles. The number of hydrazone groups is 1. The van der Waals surface area contributed by atoms with Crippen molar-refractivity contribution in [1.82, 2.24) is 15.2 Å². The molecule has 1 amide bonds. The fraction of sp³-hybridized carbons (Fsp3) is 0.227. The Balaban J connectivity index is 1.75. The van der Waals surface area contributed by atoms with E-state index < -0.39 is 0 Å². The molecule has 0 spiro atoms. The van der Waals surface area contributed by atoms with Crippen molar-refractivity contribution in [3.8, 4) is 5.75 Å². The molecule has 0 aliphatic carbocycles. The third-order valence-electron chi connectivity index (χ3n) is 4.61. The summed E-state index contributed by atoms with van der Waals surface area (Å²) < 4.78 is 8.43. The Morgan fingerprint density at radius 3 is 2.55 bits per heavy atom. The van der Waals surface area contributed by atoms with E-state index in [1.165, 1.54) is 0 Å². The lowest BCUT2D eigenvalue weighted by Gasteiger charge is -2.11. The first-order valence-corrected chi connectivity index (χ1v) is 9.95. The number of hydrogen-bond acceptors (Lipinski definition) is 4. The van der Waals surface area contributed by atoms with Crippen molar-refractivity contribution in [2.75, 3.05) is 7.11 Å². The molecule has 150 valence electrons. The van der Waals surface area contributed by atoms with Gasteiger partial charge in [0.1, 0.15) is 5.75 Å². The first-order chi connectivity index (χ1) is 13.9. The molecule has 0 fully saturated rings. The van der Waals surface area contributed by atoms with Gasteiger partial charge in [0, 0.05) is 11.1 Å². The quantitative estimate of drug-likeness (QED) is 0.443. The van der Waals surface area contributed by atoms with Crippen molar-refractivity contribution in [3.63, 3.8) is 0 Å². The molecule has 1 N–H and O–H groups in total. The zero-order valence-electron chi connectivity index (χ0n) is 16.9. The van der Waals surface area contributed by atoms with Crippen LogP contribution in [0.4, 0.5) is 0 Å². The fourth-order valence-corrected chi connectivity index (χ4v) is 3.21. The summed E-state index contributed by atoms with van der Waals surface area (Å²) in [6.07, 6.45) is 1.62. The predicted octanol–water partition coefficient (Wildman–Crippen LogP) is 4.39. The molecule has 3 aromatic rings. The number of methoxy groups -OCH3 is 1. The van der Waals surface area contributed by atoms with E-state index in [2.05, 4.69) is 31.6 Å². The van der Waals surface area contributed by atoms with Crippen LogP contribution >= 0.6 is 15.9 Å². The standard InChI is InChI=1S/C22H23BrN4O2/c1-14-5-8-18(9-6-14)22(28)25-24-12-17-7-10-20(29-4)19(11-17)13-27-16(3)21(23)15(2)26-27/h5-12H,13H2,1-4H3,(H,25,28)/b24-12-. The minimum absolute atomic E-state index is 0.248. The van der Waals surface area contributed by atoms with Gasteiger partial charge in [-0.3, -0.25) is 9.48 Å². The SMILES string of the molecule is COc1ccc(/C=N\NC(=O)c2ccc(C)cc2)cc1Cn1nc(C)c(Br)c1C. The maximum Gasteiger partial charge on any atom is 0.271 e. The highest BCUT2D eigenvalue weighted by Gasteiger charge is 2.12. The van der Waals surface area contributed by atoms with E-state index in [0.717, 1.165) is 38.3 Å². The lowest BCUT2D eigenvalue weighted by atomic mass is 10.1. The fourth-order valence-electron chi connectivity index (χ4n) is 2.93. The molecule has 29 heavy (non-hydrogen) atoms. The number of nitrogens with zero attached hydrogens (tertiary/aromatic N) is 3. The van der Waals surface area contributed by atoms with Crippen LogP contribution in [0.2, 0.25) is 0 Å². The molecule has 0 aliphatic heterocycles. The Bertz CT molecular complexity index is 1060. The average molecular weight is 455 g/mol. The Morgan fingerprint density at radius 1 is 1.21 bits per heavy atom. The largest absolute Gasteiger partial charge is 0.496 e. The molecule has 0 aliphatic rings. The molecule has 1 aromatic heterocycles. The molecule has 2 aromatic carbocycles. The van der Waals surface area contributed by atoms with E-state index in [-0.39, 0.29) is 5.91 Å². The van der Waals surface area contributed by atoms with Gasteiger partial charge in [0.15, 0.2) is 0 Å². The highest BCUT2D eigenvalue weighted by molar-refractivity contribution is 9.10. The monoisotopic (exact) mass is 454 g/mol. The summed E-state index contributed by atoms with van der Waals surface area (Å²) in [5.74, 6) is 0.525.